The van der Waals surface area contributed by atoms with Crippen LogP contribution in [0.4, 0.5) is 11.5 Å². The molecule has 3 heterocycles. The lowest BCUT2D eigenvalue weighted by Gasteiger charge is -2.09. The van der Waals surface area contributed by atoms with E-state index in [0.29, 0.717) is 22.7 Å². The third-order valence-electron chi connectivity index (χ3n) is 2.68. The quantitative estimate of drug-likeness (QED) is 0.438. The highest BCUT2D eigenvalue weighted by Gasteiger charge is 2.07. The zero-order valence-corrected chi connectivity index (χ0v) is 10.6. The van der Waals surface area contributed by atoms with E-state index in [-0.39, 0.29) is 0 Å². The fourth-order valence-electron chi connectivity index (χ4n) is 1.69. The molecule has 0 saturated carbocycles. The Morgan fingerprint density at radius 3 is 3.05 bits per heavy atom. The van der Waals surface area contributed by atoms with E-state index in [9.17, 15) is 5.21 Å². The van der Waals surface area contributed by atoms with Crippen LogP contribution in [-0.4, -0.2) is 36.0 Å². The van der Waals surface area contributed by atoms with Crippen molar-refractivity contribution < 1.29 is 5.21 Å². The summed E-state index contributed by atoms with van der Waals surface area (Å²) < 4.78 is 1.77. The van der Waals surface area contributed by atoms with Gasteiger partial charge in [0.1, 0.15) is 12.7 Å². The van der Waals surface area contributed by atoms with Crippen molar-refractivity contribution in [1.82, 2.24) is 24.5 Å². The van der Waals surface area contributed by atoms with Crippen molar-refractivity contribution in [3.63, 3.8) is 0 Å². The van der Waals surface area contributed by atoms with Gasteiger partial charge in [-0.25, -0.2) is 25.0 Å². The van der Waals surface area contributed by atoms with Gasteiger partial charge in [0, 0.05) is 13.2 Å². The number of hydrogen-bond acceptors (Lipinski definition) is 6. The molecule has 100 valence electrons. The van der Waals surface area contributed by atoms with Gasteiger partial charge in [0.2, 0.25) is 0 Å². The third-order valence-corrected chi connectivity index (χ3v) is 2.68. The normalized spacial score (nSPS) is 11.3. The molecule has 0 aliphatic rings. The molecule has 0 aromatic carbocycles. The van der Waals surface area contributed by atoms with Gasteiger partial charge in [-0.15, -0.1) is 0 Å². The predicted octanol–water partition coefficient (Wildman–Crippen LogP) is 1.31. The summed E-state index contributed by atoms with van der Waals surface area (Å²) in [6, 6.07) is 3.42. The van der Waals surface area contributed by atoms with E-state index < -0.39 is 0 Å². The van der Waals surface area contributed by atoms with Crippen LogP contribution in [0.3, 0.4) is 0 Å². The van der Waals surface area contributed by atoms with Gasteiger partial charge in [-0.2, -0.15) is 0 Å². The van der Waals surface area contributed by atoms with Gasteiger partial charge < -0.3 is 4.57 Å². The number of fused-ring (bicyclic) bond motifs is 1. The van der Waals surface area contributed by atoms with Gasteiger partial charge in [-0.1, -0.05) is 0 Å². The monoisotopic (exact) mass is 269 g/mol. The number of aryl methyl sites for hydroxylation is 1. The summed E-state index contributed by atoms with van der Waals surface area (Å²) in [5, 5.41) is 10.7. The molecule has 0 aliphatic carbocycles. The first kappa shape index (κ1) is 12.2. The average molecular weight is 269 g/mol. The molecule has 3 aromatic heterocycles. The maximum atomic E-state index is 9.83. The first-order chi connectivity index (χ1) is 9.75. The molecule has 20 heavy (non-hydrogen) atoms. The van der Waals surface area contributed by atoms with Crippen molar-refractivity contribution in [2.45, 2.75) is 0 Å². The summed E-state index contributed by atoms with van der Waals surface area (Å²) in [6.07, 6.45) is 7.42. The fraction of sp³-hybridized carbons (Fsp3) is 0.0833. The van der Waals surface area contributed by atoms with Crippen molar-refractivity contribution in [2.24, 2.45) is 12.0 Å². The second-order valence-corrected chi connectivity index (χ2v) is 4.03. The summed E-state index contributed by atoms with van der Waals surface area (Å²) in [4.78, 5) is 20.4. The Hall–Kier alpha value is -2.87. The lowest BCUT2D eigenvalue weighted by molar-refractivity contribution is 0.316. The van der Waals surface area contributed by atoms with Crippen molar-refractivity contribution in [2.75, 3.05) is 5.06 Å². The molecule has 0 unspecified atom stereocenters. The van der Waals surface area contributed by atoms with Crippen LogP contribution in [0.2, 0.25) is 0 Å². The molecule has 0 fully saturated rings. The number of anilines is 1. The summed E-state index contributed by atoms with van der Waals surface area (Å²) in [6.45, 7) is 0. The Morgan fingerprint density at radius 2 is 2.25 bits per heavy atom. The van der Waals surface area contributed by atoms with Gasteiger partial charge in [0.15, 0.2) is 17.0 Å². The van der Waals surface area contributed by atoms with Crippen LogP contribution in [-0.2, 0) is 7.05 Å². The topological polar surface area (TPSA) is 92.3 Å². The molecule has 1 N–H and O–H groups in total. The molecular formula is C12H11N7O. The Bertz CT molecular complexity index is 753. The van der Waals surface area contributed by atoms with Crippen LogP contribution in [0.15, 0.2) is 42.2 Å². The zero-order chi connectivity index (χ0) is 13.9. The minimum atomic E-state index is 0.388. The first-order valence-corrected chi connectivity index (χ1v) is 5.80. The van der Waals surface area contributed by atoms with E-state index in [2.05, 4.69) is 24.9 Å². The number of aromatic nitrogens is 5. The van der Waals surface area contributed by atoms with Crippen molar-refractivity contribution in [3.05, 3.63) is 37.2 Å². The highest BCUT2D eigenvalue weighted by Crippen LogP contribution is 2.19. The Balaban J connectivity index is 1.91. The van der Waals surface area contributed by atoms with Gasteiger partial charge in [-0.3, -0.25) is 10.2 Å². The molecule has 0 bridgehead atoms. The van der Waals surface area contributed by atoms with Gasteiger partial charge in [-0.05, 0) is 12.1 Å². The lowest BCUT2D eigenvalue weighted by Crippen LogP contribution is -2.15. The van der Waals surface area contributed by atoms with Gasteiger partial charge >= 0.3 is 0 Å². The standard InChI is InChI=1S/C12H11N7O/c1-18-7-16-10-11(14-6-15-12(10)18)17-8-19(20)9-3-2-4-13-5-9/h2-8,20H,1H3/b17-8+. The molecule has 3 aromatic rings. The molecule has 0 atom stereocenters. The molecule has 3 rings (SSSR count). The Morgan fingerprint density at radius 1 is 1.35 bits per heavy atom. The van der Waals surface area contributed by atoms with E-state index in [1.165, 1.54) is 18.9 Å². The van der Waals surface area contributed by atoms with E-state index >= 15 is 0 Å². The van der Waals surface area contributed by atoms with E-state index in [1.54, 1.807) is 29.2 Å². The highest BCUT2D eigenvalue weighted by atomic mass is 16.5. The third kappa shape index (κ3) is 2.19. The lowest BCUT2D eigenvalue weighted by atomic mass is 10.4. The number of pyridine rings is 1. The van der Waals surface area contributed by atoms with Crippen LogP contribution < -0.4 is 5.06 Å². The fourth-order valence-corrected chi connectivity index (χ4v) is 1.69. The Kier molecular flexibility index (Phi) is 3.05. The maximum Gasteiger partial charge on any atom is 0.185 e. The van der Waals surface area contributed by atoms with Crippen LogP contribution in [0, 0.1) is 0 Å². The molecule has 8 nitrogen and oxygen atoms in total. The van der Waals surface area contributed by atoms with Crippen molar-refractivity contribution in [1.29, 1.82) is 0 Å². The second-order valence-electron chi connectivity index (χ2n) is 4.03. The summed E-state index contributed by atoms with van der Waals surface area (Å²) in [5.74, 6) is 0.388. The van der Waals surface area contributed by atoms with Crippen molar-refractivity contribution in [3.8, 4) is 0 Å². The molecule has 0 spiro atoms. The SMILES string of the molecule is Cn1cnc2c(/N=C/N(O)c3cccnc3)ncnc21. The second kappa shape index (κ2) is 5.02. The molecule has 0 aliphatic heterocycles. The minimum absolute atomic E-state index is 0.388. The molecular weight excluding hydrogens is 258 g/mol. The number of hydroxylamine groups is 1. The number of imidazole rings is 1. The summed E-state index contributed by atoms with van der Waals surface area (Å²) in [5.41, 5.74) is 1.76. The van der Waals surface area contributed by atoms with E-state index in [4.69, 9.17) is 0 Å². The van der Waals surface area contributed by atoms with Crippen LogP contribution in [0.5, 0.6) is 0 Å². The average Bonchev–Trinajstić information content (AvgIpc) is 2.88. The summed E-state index contributed by atoms with van der Waals surface area (Å²) >= 11 is 0. The minimum Gasteiger partial charge on any atom is -0.318 e. The summed E-state index contributed by atoms with van der Waals surface area (Å²) in [7, 11) is 1.84. The first-order valence-electron chi connectivity index (χ1n) is 5.80. The van der Waals surface area contributed by atoms with E-state index in [1.807, 2.05) is 7.05 Å². The molecule has 0 saturated heterocycles. The van der Waals surface area contributed by atoms with Gasteiger partial charge in [0.25, 0.3) is 0 Å². The molecule has 0 radical (unpaired) electrons. The predicted molar refractivity (Wildman–Crippen MR) is 73.0 cm³/mol. The zero-order valence-electron chi connectivity index (χ0n) is 10.6. The highest BCUT2D eigenvalue weighted by molar-refractivity contribution is 5.85. The van der Waals surface area contributed by atoms with Crippen molar-refractivity contribution >= 4 is 29.0 Å². The maximum absolute atomic E-state index is 9.83. The van der Waals surface area contributed by atoms with Crippen LogP contribution >= 0.6 is 0 Å². The number of aliphatic imine (C=N–C) groups is 1. The van der Waals surface area contributed by atoms with Crippen LogP contribution in [0.1, 0.15) is 0 Å². The van der Waals surface area contributed by atoms with Crippen LogP contribution in [0.25, 0.3) is 11.2 Å². The number of hydrogen-bond donors (Lipinski definition) is 1. The van der Waals surface area contributed by atoms with Gasteiger partial charge in [0.05, 0.1) is 18.2 Å². The number of rotatable bonds is 3. The largest absolute Gasteiger partial charge is 0.318 e. The Labute approximate surface area is 114 Å². The number of nitrogens with zero attached hydrogens (tertiary/aromatic N) is 7. The molecule has 8 heteroatoms. The smallest absolute Gasteiger partial charge is 0.185 e. The van der Waals surface area contributed by atoms with E-state index in [0.717, 1.165) is 5.06 Å². The molecule has 0 amide bonds.